The SMILES string of the molecule is N#Cc1ccccc1-c1cc2c(cc1F)COB2O. The van der Waals surface area contributed by atoms with Crippen molar-refractivity contribution < 1.29 is 14.1 Å². The van der Waals surface area contributed by atoms with Gasteiger partial charge in [-0.15, -0.1) is 0 Å². The summed E-state index contributed by atoms with van der Waals surface area (Å²) in [5.41, 5.74) is 2.42. The number of nitriles is 1. The largest absolute Gasteiger partial charge is 0.491 e. The van der Waals surface area contributed by atoms with Crippen LogP contribution in [-0.4, -0.2) is 12.1 Å². The van der Waals surface area contributed by atoms with E-state index in [1.807, 2.05) is 6.07 Å². The Balaban J connectivity index is 2.21. The van der Waals surface area contributed by atoms with Crippen molar-refractivity contribution in [3.63, 3.8) is 0 Å². The topological polar surface area (TPSA) is 53.2 Å². The Hall–Kier alpha value is -2.16. The first-order chi connectivity index (χ1) is 9.20. The van der Waals surface area contributed by atoms with Crippen LogP contribution in [0, 0.1) is 17.1 Å². The maximum absolute atomic E-state index is 14.1. The summed E-state index contributed by atoms with van der Waals surface area (Å²) < 4.78 is 19.2. The zero-order valence-electron chi connectivity index (χ0n) is 9.93. The van der Waals surface area contributed by atoms with Crippen molar-refractivity contribution >= 4 is 12.6 Å². The van der Waals surface area contributed by atoms with Crippen LogP contribution >= 0.6 is 0 Å². The van der Waals surface area contributed by atoms with E-state index >= 15 is 0 Å². The summed E-state index contributed by atoms with van der Waals surface area (Å²) in [6, 6.07) is 11.7. The highest BCUT2D eigenvalue weighted by Gasteiger charge is 2.29. The molecule has 0 spiro atoms. The molecule has 0 amide bonds. The molecule has 2 aromatic rings. The second-order valence-electron chi connectivity index (χ2n) is 4.35. The van der Waals surface area contributed by atoms with E-state index in [2.05, 4.69) is 0 Å². The van der Waals surface area contributed by atoms with E-state index < -0.39 is 12.9 Å². The highest BCUT2D eigenvalue weighted by atomic mass is 19.1. The molecule has 0 atom stereocenters. The predicted molar refractivity (Wildman–Crippen MR) is 68.9 cm³/mol. The Morgan fingerprint density at radius 1 is 1.26 bits per heavy atom. The van der Waals surface area contributed by atoms with Crippen LogP contribution in [0.15, 0.2) is 36.4 Å². The number of hydrogen-bond donors (Lipinski definition) is 1. The molecule has 0 radical (unpaired) electrons. The molecule has 3 nitrogen and oxygen atoms in total. The van der Waals surface area contributed by atoms with Crippen LogP contribution in [0.2, 0.25) is 0 Å². The average molecular weight is 253 g/mol. The van der Waals surface area contributed by atoms with Gasteiger partial charge in [0.15, 0.2) is 0 Å². The minimum Gasteiger partial charge on any atom is -0.423 e. The summed E-state index contributed by atoms with van der Waals surface area (Å²) in [6.45, 7) is 0.202. The maximum Gasteiger partial charge on any atom is 0.491 e. The second-order valence-corrected chi connectivity index (χ2v) is 4.35. The summed E-state index contributed by atoms with van der Waals surface area (Å²) >= 11 is 0. The van der Waals surface area contributed by atoms with E-state index in [-0.39, 0.29) is 6.61 Å². The van der Waals surface area contributed by atoms with E-state index in [0.717, 1.165) is 0 Å². The third-order valence-electron chi connectivity index (χ3n) is 3.23. The van der Waals surface area contributed by atoms with Gasteiger partial charge in [0.2, 0.25) is 0 Å². The molecule has 0 aromatic heterocycles. The highest BCUT2D eigenvalue weighted by molar-refractivity contribution is 6.61. The predicted octanol–water partition coefficient (Wildman–Crippen LogP) is 1.58. The summed E-state index contributed by atoms with van der Waals surface area (Å²) in [5.74, 6) is -0.417. The summed E-state index contributed by atoms with van der Waals surface area (Å²) in [7, 11) is -1.02. The van der Waals surface area contributed by atoms with E-state index in [9.17, 15) is 9.41 Å². The molecular weight excluding hydrogens is 244 g/mol. The lowest BCUT2D eigenvalue weighted by atomic mass is 9.78. The third kappa shape index (κ3) is 1.91. The fraction of sp³-hybridized carbons (Fsp3) is 0.0714. The lowest BCUT2D eigenvalue weighted by Gasteiger charge is -2.08. The fourth-order valence-corrected chi connectivity index (χ4v) is 2.27. The molecule has 1 aliphatic heterocycles. The van der Waals surface area contributed by atoms with Crippen LogP contribution in [0.25, 0.3) is 11.1 Å². The van der Waals surface area contributed by atoms with Gasteiger partial charge >= 0.3 is 7.12 Å². The second kappa shape index (κ2) is 4.50. The van der Waals surface area contributed by atoms with Crippen molar-refractivity contribution in [1.29, 1.82) is 5.26 Å². The van der Waals surface area contributed by atoms with Gasteiger partial charge in [-0.1, -0.05) is 24.3 Å². The Kier molecular flexibility index (Phi) is 2.82. The molecule has 0 saturated carbocycles. The minimum atomic E-state index is -1.02. The Morgan fingerprint density at radius 3 is 2.84 bits per heavy atom. The Bertz CT molecular complexity index is 696. The molecule has 1 heterocycles. The number of fused-ring (bicyclic) bond motifs is 1. The van der Waals surface area contributed by atoms with Crippen molar-refractivity contribution in [3.05, 3.63) is 53.3 Å². The zero-order valence-corrected chi connectivity index (χ0v) is 9.93. The van der Waals surface area contributed by atoms with E-state index in [0.29, 0.717) is 27.7 Å². The van der Waals surface area contributed by atoms with Gasteiger partial charge in [0.25, 0.3) is 0 Å². The first-order valence-electron chi connectivity index (χ1n) is 5.82. The Morgan fingerprint density at radius 2 is 2.05 bits per heavy atom. The lowest BCUT2D eigenvalue weighted by molar-refractivity contribution is 0.275. The molecule has 5 heteroatoms. The first-order valence-corrected chi connectivity index (χ1v) is 5.82. The highest BCUT2D eigenvalue weighted by Crippen LogP contribution is 2.27. The molecule has 0 bridgehead atoms. The smallest absolute Gasteiger partial charge is 0.423 e. The molecule has 92 valence electrons. The summed E-state index contributed by atoms with van der Waals surface area (Å²) in [5, 5.41) is 18.7. The summed E-state index contributed by atoms with van der Waals surface area (Å²) in [4.78, 5) is 0. The van der Waals surface area contributed by atoms with Crippen molar-refractivity contribution in [1.82, 2.24) is 0 Å². The molecule has 0 aliphatic carbocycles. The lowest BCUT2D eigenvalue weighted by Crippen LogP contribution is -2.28. The van der Waals surface area contributed by atoms with Gasteiger partial charge in [-0.05, 0) is 23.2 Å². The van der Waals surface area contributed by atoms with Crippen LogP contribution in [0.4, 0.5) is 4.39 Å². The monoisotopic (exact) mass is 253 g/mol. The van der Waals surface area contributed by atoms with E-state index in [1.54, 1.807) is 30.3 Å². The van der Waals surface area contributed by atoms with Gasteiger partial charge < -0.3 is 9.68 Å². The van der Waals surface area contributed by atoms with Gasteiger partial charge in [0.05, 0.1) is 18.2 Å². The standard InChI is InChI=1S/C14H9BFNO2/c16-14-5-10-8-19-15(18)13(10)6-12(14)11-4-2-1-3-9(11)7-17/h1-6,18H,8H2. The average Bonchev–Trinajstić information content (AvgIpc) is 2.78. The van der Waals surface area contributed by atoms with Crippen LogP contribution in [-0.2, 0) is 11.3 Å². The van der Waals surface area contributed by atoms with Gasteiger partial charge in [-0.3, -0.25) is 0 Å². The third-order valence-corrected chi connectivity index (χ3v) is 3.23. The van der Waals surface area contributed by atoms with Crippen molar-refractivity contribution in [2.45, 2.75) is 6.61 Å². The minimum absolute atomic E-state index is 0.202. The van der Waals surface area contributed by atoms with Crippen LogP contribution in [0.1, 0.15) is 11.1 Å². The fourth-order valence-electron chi connectivity index (χ4n) is 2.27. The van der Waals surface area contributed by atoms with E-state index in [4.69, 9.17) is 9.92 Å². The van der Waals surface area contributed by atoms with Crippen molar-refractivity contribution in [3.8, 4) is 17.2 Å². The van der Waals surface area contributed by atoms with Gasteiger partial charge in [0.1, 0.15) is 5.82 Å². The molecule has 0 unspecified atom stereocenters. The number of halogens is 1. The van der Waals surface area contributed by atoms with Crippen LogP contribution in [0.5, 0.6) is 0 Å². The van der Waals surface area contributed by atoms with E-state index in [1.165, 1.54) is 6.07 Å². The number of hydrogen-bond acceptors (Lipinski definition) is 3. The van der Waals surface area contributed by atoms with Crippen LogP contribution < -0.4 is 5.46 Å². The molecule has 1 aliphatic rings. The van der Waals surface area contributed by atoms with Gasteiger partial charge in [-0.25, -0.2) is 4.39 Å². The van der Waals surface area contributed by atoms with Crippen LogP contribution in [0.3, 0.4) is 0 Å². The molecule has 3 rings (SSSR count). The molecule has 1 N–H and O–H groups in total. The number of nitrogens with zero attached hydrogens (tertiary/aromatic N) is 1. The van der Waals surface area contributed by atoms with Gasteiger partial charge in [-0.2, -0.15) is 5.26 Å². The number of benzene rings is 2. The summed E-state index contributed by atoms with van der Waals surface area (Å²) in [6.07, 6.45) is 0. The molecule has 0 fully saturated rings. The Labute approximate surface area is 110 Å². The van der Waals surface area contributed by atoms with Crippen molar-refractivity contribution in [2.75, 3.05) is 0 Å². The molecule has 2 aromatic carbocycles. The number of rotatable bonds is 1. The van der Waals surface area contributed by atoms with Crippen molar-refractivity contribution in [2.24, 2.45) is 0 Å². The molecule has 0 saturated heterocycles. The quantitative estimate of drug-likeness (QED) is 0.785. The normalized spacial score (nSPS) is 13.2. The zero-order chi connectivity index (χ0) is 13.4. The van der Waals surface area contributed by atoms with Gasteiger partial charge in [0, 0.05) is 11.1 Å². The molecular formula is C14H9BFNO2. The first kappa shape index (κ1) is 11.9. The molecule has 19 heavy (non-hydrogen) atoms. The maximum atomic E-state index is 14.1.